The molecule has 0 aliphatic heterocycles. The van der Waals surface area contributed by atoms with Crippen LogP contribution in [-0.4, -0.2) is 28.0 Å². The van der Waals surface area contributed by atoms with E-state index >= 15 is 0 Å². The van der Waals surface area contributed by atoms with Crippen molar-refractivity contribution in [3.05, 3.63) is 82.3 Å². The van der Waals surface area contributed by atoms with E-state index in [1.165, 1.54) is 25.3 Å². The molecule has 0 heterocycles. The Labute approximate surface area is 203 Å². The summed E-state index contributed by atoms with van der Waals surface area (Å²) in [5.74, 6) is -0.294. The van der Waals surface area contributed by atoms with Crippen molar-refractivity contribution in [2.75, 3.05) is 23.3 Å². The van der Waals surface area contributed by atoms with E-state index in [-0.39, 0.29) is 16.3 Å². The molecular weight excluding hydrogens is 537 g/mol. The highest BCUT2D eigenvalue weighted by Crippen LogP contribution is 2.32. The molecule has 180 valence electrons. The summed E-state index contributed by atoms with van der Waals surface area (Å²) in [5.41, 5.74) is 0.383. The number of hydrogen-bond donors (Lipinski definition) is 1. The average molecular weight is 557 g/mol. The highest BCUT2D eigenvalue weighted by molar-refractivity contribution is 9.10. The Morgan fingerprint density at radius 3 is 2.18 bits per heavy atom. The third kappa shape index (κ3) is 5.89. The van der Waals surface area contributed by atoms with Gasteiger partial charge in [-0.15, -0.1) is 0 Å². The molecule has 0 radical (unpaired) electrons. The van der Waals surface area contributed by atoms with E-state index in [0.717, 1.165) is 34.1 Å². The molecule has 3 aromatic carbocycles. The Morgan fingerprint density at radius 2 is 1.65 bits per heavy atom. The van der Waals surface area contributed by atoms with Gasteiger partial charge in [-0.25, -0.2) is 8.42 Å². The third-order valence-corrected chi connectivity index (χ3v) is 7.21. The minimum absolute atomic E-state index is 0.0805. The van der Waals surface area contributed by atoms with Gasteiger partial charge in [0, 0.05) is 5.69 Å². The lowest BCUT2D eigenvalue weighted by molar-refractivity contribution is -0.137. The molecule has 1 amide bonds. The molecule has 0 saturated heterocycles. The van der Waals surface area contributed by atoms with Crippen LogP contribution in [0.4, 0.5) is 24.5 Å². The molecule has 6 nitrogen and oxygen atoms in total. The summed E-state index contributed by atoms with van der Waals surface area (Å²) < 4.78 is 71.7. The van der Waals surface area contributed by atoms with Crippen molar-refractivity contribution < 1.29 is 31.1 Å². The van der Waals surface area contributed by atoms with Crippen LogP contribution in [-0.2, 0) is 21.0 Å². The molecule has 11 heteroatoms. The first kappa shape index (κ1) is 25.6. The Kier molecular flexibility index (Phi) is 7.57. The number of nitrogens with one attached hydrogen (secondary N) is 1. The van der Waals surface area contributed by atoms with Crippen LogP contribution in [0.2, 0.25) is 0 Å². The van der Waals surface area contributed by atoms with Gasteiger partial charge in [0.25, 0.3) is 10.0 Å². The average Bonchev–Trinajstić information content (AvgIpc) is 2.78. The Bertz CT molecular complexity index is 1280. The normalized spacial score (nSPS) is 11.7. The predicted octanol–water partition coefficient (Wildman–Crippen LogP) is 5.62. The maximum Gasteiger partial charge on any atom is 0.416 e. The number of methoxy groups -OCH3 is 1. The van der Waals surface area contributed by atoms with Crippen LogP contribution in [0.3, 0.4) is 0 Å². The fourth-order valence-corrected chi connectivity index (χ4v) is 5.17. The van der Waals surface area contributed by atoms with Crippen molar-refractivity contribution in [3.8, 4) is 5.75 Å². The van der Waals surface area contributed by atoms with E-state index in [0.29, 0.717) is 10.2 Å². The molecule has 0 bridgehead atoms. The van der Waals surface area contributed by atoms with Crippen molar-refractivity contribution in [1.82, 2.24) is 0 Å². The van der Waals surface area contributed by atoms with Gasteiger partial charge in [-0.3, -0.25) is 9.10 Å². The summed E-state index contributed by atoms with van der Waals surface area (Å²) in [7, 11) is -2.75. The van der Waals surface area contributed by atoms with Crippen molar-refractivity contribution in [2.45, 2.75) is 18.0 Å². The standard InChI is InChI=1S/C23H20BrF3N2O4S/c1-15-3-9-18(10-4-15)29(34(31,32)19-11-12-21(33-2)20(24)13-19)14-22(30)28-17-7-5-16(6-8-17)23(25,26)27/h3-13H,14H2,1-2H3,(H,28,30). The second kappa shape index (κ2) is 10.1. The monoisotopic (exact) mass is 556 g/mol. The van der Waals surface area contributed by atoms with E-state index in [9.17, 15) is 26.4 Å². The van der Waals surface area contributed by atoms with Crippen LogP contribution in [0.25, 0.3) is 0 Å². The summed E-state index contributed by atoms with van der Waals surface area (Å²) in [6.07, 6.45) is -4.51. The number of halogens is 4. The van der Waals surface area contributed by atoms with E-state index in [2.05, 4.69) is 21.2 Å². The molecule has 0 saturated carbocycles. The zero-order valence-corrected chi connectivity index (χ0v) is 20.5. The highest BCUT2D eigenvalue weighted by atomic mass is 79.9. The van der Waals surface area contributed by atoms with Crippen molar-refractivity contribution in [1.29, 1.82) is 0 Å². The first-order valence-electron chi connectivity index (χ1n) is 9.82. The van der Waals surface area contributed by atoms with Crippen LogP contribution in [0.15, 0.2) is 76.1 Å². The van der Waals surface area contributed by atoms with E-state index in [1.54, 1.807) is 24.3 Å². The number of rotatable bonds is 7. The summed E-state index contributed by atoms with van der Waals surface area (Å²) >= 11 is 3.26. The van der Waals surface area contributed by atoms with Crippen LogP contribution < -0.4 is 14.4 Å². The summed E-state index contributed by atoms with van der Waals surface area (Å²) in [4.78, 5) is 12.6. The Balaban J connectivity index is 1.91. The molecule has 0 aliphatic rings. The topological polar surface area (TPSA) is 75.7 Å². The summed E-state index contributed by atoms with van der Waals surface area (Å²) in [6.45, 7) is 1.23. The highest BCUT2D eigenvalue weighted by Gasteiger charge is 2.30. The zero-order chi connectivity index (χ0) is 25.1. The van der Waals surface area contributed by atoms with Crippen LogP contribution in [0.5, 0.6) is 5.75 Å². The lowest BCUT2D eigenvalue weighted by Gasteiger charge is -2.24. The number of carbonyl (C=O) groups is 1. The van der Waals surface area contributed by atoms with Crippen molar-refractivity contribution in [3.63, 3.8) is 0 Å². The number of benzene rings is 3. The molecule has 3 aromatic rings. The summed E-state index contributed by atoms with van der Waals surface area (Å²) in [5, 5.41) is 2.44. The van der Waals surface area contributed by atoms with E-state index < -0.39 is 34.2 Å². The van der Waals surface area contributed by atoms with Gasteiger partial charge in [-0.1, -0.05) is 17.7 Å². The molecule has 0 aliphatic carbocycles. The summed E-state index contributed by atoms with van der Waals surface area (Å²) in [6, 6.07) is 14.6. The molecule has 34 heavy (non-hydrogen) atoms. The number of sulfonamides is 1. The molecule has 0 spiro atoms. The zero-order valence-electron chi connectivity index (χ0n) is 18.1. The molecule has 0 fully saturated rings. The van der Waals surface area contributed by atoms with Gasteiger partial charge >= 0.3 is 6.18 Å². The van der Waals surface area contributed by atoms with Gasteiger partial charge in [-0.2, -0.15) is 13.2 Å². The minimum atomic E-state index is -4.51. The smallest absolute Gasteiger partial charge is 0.416 e. The van der Waals surface area contributed by atoms with Crippen LogP contribution in [0, 0.1) is 6.92 Å². The number of anilines is 2. The molecule has 3 rings (SSSR count). The van der Waals surface area contributed by atoms with E-state index in [4.69, 9.17) is 4.74 Å². The van der Waals surface area contributed by atoms with E-state index in [1.807, 2.05) is 6.92 Å². The number of aryl methyl sites for hydroxylation is 1. The first-order valence-corrected chi connectivity index (χ1v) is 12.0. The lowest BCUT2D eigenvalue weighted by Crippen LogP contribution is -2.38. The molecular formula is C23H20BrF3N2O4S. The molecule has 0 aromatic heterocycles. The van der Waals surface area contributed by atoms with Crippen LogP contribution in [0.1, 0.15) is 11.1 Å². The second-order valence-electron chi connectivity index (χ2n) is 7.27. The van der Waals surface area contributed by atoms with Crippen LogP contribution >= 0.6 is 15.9 Å². The fraction of sp³-hybridized carbons (Fsp3) is 0.174. The fourth-order valence-electron chi connectivity index (χ4n) is 3.03. The van der Waals surface area contributed by atoms with Gasteiger partial charge in [0.15, 0.2) is 0 Å². The van der Waals surface area contributed by atoms with Gasteiger partial charge < -0.3 is 10.1 Å². The molecule has 0 unspecified atom stereocenters. The maximum absolute atomic E-state index is 13.5. The van der Waals surface area contributed by atoms with Crippen molar-refractivity contribution in [2.24, 2.45) is 0 Å². The SMILES string of the molecule is COc1ccc(S(=O)(=O)N(CC(=O)Nc2ccc(C(F)(F)F)cc2)c2ccc(C)cc2)cc1Br. The van der Waals surface area contributed by atoms with Gasteiger partial charge in [-0.05, 0) is 77.5 Å². The second-order valence-corrected chi connectivity index (χ2v) is 9.98. The molecule has 1 N–H and O–H groups in total. The molecule has 0 atom stereocenters. The lowest BCUT2D eigenvalue weighted by atomic mass is 10.2. The number of amides is 1. The maximum atomic E-state index is 13.5. The number of hydrogen-bond acceptors (Lipinski definition) is 4. The van der Waals surface area contributed by atoms with Gasteiger partial charge in [0.05, 0.1) is 27.7 Å². The van der Waals surface area contributed by atoms with Crippen molar-refractivity contribution >= 4 is 43.2 Å². The quantitative estimate of drug-likeness (QED) is 0.410. The van der Waals surface area contributed by atoms with Gasteiger partial charge in [0.1, 0.15) is 12.3 Å². The van der Waals surface area contributed by atoms with Gasteiger partial charge in [0.2, 0.25) is 5.91 Å². The number of carbonyl (C=O) groups excluding carboxylic acids is 1. The Morgan fingerprint density at radius 1 is 1.03 bits per heavy atom. The number of alkyl halides is 3. The number of ether oxygens (including phenoxy) is 1. The predicted molar refractivity (Wildman–Crippen MR) is 126 cm³/mol. The largest absolute Gasteiger partial charge is 0.496 e. The Hall–Kier alpha value is -3.05. The third-order valence-electron chi connectivity index (χ3n) is 4.82. The first-order chi connectivity index (χ1) is 15.9. The minimum Gasteiger partial charge on any atom is -0.496 e. The number of nitrogens with zero attached hydrogens (tertiary/aromatic N) is 1.